The number of nitrogens with one attached hydrogen (secondary N) is 1. The van der Waals surface area contributed by atoms with Crippen molar-refractivity contribution in [3.63, 3.8) is 0 Å². The van der Waals surface area contributed by atoms with Crippen LogP contribution in [0.15, 0.2) is 30.3 Å². The summed E-state index contributed by atoms with van der Waals surface area (Å²) in [4.78, 5) is 24.6. The third-order valence-corrected chi connectivity index (χ3v) is 3.59. The van der Waals surface area contributed by atoms with Crippen molar-refractivity contribution >= 4 is 11.9 Å². The third kappa shape index (κ3) is 4.35. The monoisotopic (exact) mass is 276 g/mol. The summed E-state index contributed by atoms with van der Waals surface area (Å²) in [7, 11) is 0. The molecule has 0 aliphatic carbocycles. The van der Waals surface area contributed by atoms with Gasteiger partial charge in [-0.05, 0) is 24.9 Å². The van der Waals surface area contributed by atoms with Crippen molar-refractivity contribution < 1.29 is 14.7 Å². The summed E-state index contributed by atoms with van der Waals surface area (Å²) in [6, 6.07) is 9.73. The van der Waals surface area contributed by atoms with Gasteiger partial charge in [-0.2, -0.15) is 0 Å². The van der Waals surface area contributed by atoms with E-state index in [2.05, 4.69) is 5.32 Å². The number of hydrogen-bond donors (Lipinski definition) is 2. The Hall–Kier alpha value is -1.88. The average Bonchev–Trinajstić information content (AvgIpc) is 2.84. The molecule has 0 spiro atoms. The molecule has 1 aromatic carbocycles. The lowest BCUT2D eigenvalue weighted by molar-refractivity contribution is -0.138. The van der Waals surface area contributed by atoms with Crippen molar-refractivity contribution in [2.75, 3.05) is 13.1 Å². The van der Waals surface area contributed by atoms with Crippen LogP contribution in [0.3, 0.4) is 0 Å². The van der Waals surface area contributed by atoms with E-state index in [1.54, 1.807) is 0 Å². The number of carbonyl (C=O) groups excluding carboxylic acids is 1. The number of amides is 1. The zero-order valence-electron chi connectivity index (χ0n) is 11.4. The number of benzene rings is 1. The molecule has 2 rings (SSSR count). The fourth-order valence-corrected chi connectivity index (χ4v) is 2.57. The fourth-order valence-electron chi connectivity index (χ4n) is 2.57. The van der Waals surface area contributed by atoms with Crippen LogP contribution in [0.25, 0.3) is 0 Å². The van der Waals surface area contributed by atoms with Gasteiger partial charge < -0.3 is 10.4 Å². The Morgan fingerprint density at radius 3 is 2.75 bits per heavy atom. The van der Waals surface area contributed by atoms with Gasteiger partial charge in [-0.25, -0.2) is 0 Å². The maximum Gasteiger partial charge on any atom is 0.304 e. The highest BCUT2D eigenvalue weighted by atomic mass is 16.4. The second-order valence-electron chi connectivity index (χ2n) is 5.13. The van der Waals surface area contributed by atoms with Crippen LogP contribution < -0.4 is 5.32 Å². The highest BCUT2D eigenvalue weighted by molar-refractivity contribution is 5.78. The van der Waals surface area contributed by atoms with Crippen LogP contribution in [0.1, 0.15) is 24.8 Å². The standard InChI is InChI=1S/C15H20N2O3/c18-14(16-10-12-5-2-1-3-6-12)11-17-8-4-7-13(17)9-15(19)20/h1-3,5-6,13H,4,7-11H2,(H,16,18)(H,19,20). The average molecular weight is 276 g/mol. The van der Waals surface area contributed by atoms with Crippen LogP contribution >= 0.6 is 0 Å². The number of hydrogen-bond acceptors (Lipinski definition) is 3. The fraction of sp³-hybridized carbons (Fsp3) is 0.467. The van der Waals surface area contributed by atoms with Crippen molar-refractivity contribution in [1.82, 2.24) is 10.2 Å². The van der Waals surface area contributed by atoms with Gasteiger partial charge in [0, 0.05) is 12.6 Å². The summed E-state index contributed by atoms with van der Waals surface area (Å²) < 4.78 is 0. The van der Waals surface area contributed by atoms with E-state index in [0.717, 1.165) is 24.9 Å². The Kier molecular flexibility index (Phi) is 5.12. The molecule has 0 saturated carbocycles. The van der Waals surface area contributed by atoms with Gasteiger partial charge in [0.15, 0.2) is 0 Å². The Morgan fingerprint density at radius 2 is 2.05 bits per heavy atom. The summed E-state index contributed by atoms with van der Waals surface area (Å²) in [6.07, 6.45) is 1.94. The molecule has 1 aliphatic rings. The molecule has 1 heterocycles. The molecule has 0 radical (unpaired) electrons. The van der Waals surface area contributed by atoms with E-state index in [4.69, 9.17) is 5.11 Å². The predicted molar refractivity (Wildman–Crippen MR) is 75.1 cm³/mol. The molecule has 1 aromatic rings. The maximum atomic E-state index is 11.9. The SMILES string of the molecule is O=C(O)CC1CCCN1CC(=O)NCc1ccccc1. The second kappa shape index (κ2) is 7.05. The molecular weight excluding hydrogens is 256 g/mol. The highest BCUT2D eigenvalue weighted by Gasteiger charge is 2.27. The number of carboxylic acids is 1. The Bertz CT molecular complexity index is 461. The molecule has 0 bridgehead atoms. The van der Waals surface area contributed by atoms with E-state index in [9.17, 15) is 9.59 Å². The van der Waals surface area contributed by atoms with Crippen LogP contribution in [0, 0.1) is 0 Å². The van der Waals surface area contributed by atoms with Gasteiger partial charge in [-0.15, -0.1) is 0 Å². The Balaban J connectivity index is 1.77. The summed E-state index contributed by atoms with van der Waals surface area (Å²) in [5, 5.41) is 11.7. The smallest absolute Gasteiger partial charge is 0.304 e. The Labute approximate surface area is 118 Å². The van der Waals surface area contributed by atoms with Crippen LogP contribution in [-0.4, -0.2) is 41.0 Å². The molecule has 0 aromatic heterocycles. The lowest BCUT2D eigenvalue weighted by Crippen LogP contribution is -2.40. The lowest BCUT2D eigenvalue weighted by atomic mass is 10.1. The molecule has 1 saturated heterocycles. The van der Waals surface area contributed by atoms with Crippen LogP contribution in [-0.2, 0) is 16.1 Å². The van der Waals surface area contributed by atoms with Crippen molar-refractivity contribution in [3.8, 4) is 0 Å². The van der Waals surface area contributed by atoms with Gasteiger partial charge >= 0.3 is 5.97 Å². The van der Waals surface area contributed by atoms with E-state index in [1.165, 1.54) is 0 Å². The minimum absolute atomic E-state index is 0.00465. The van der Waals surface area contributed by atoms with Crippen molar-refractivity contribution in [1.29, 1.82) is 0 Å². The van der Waals surface area contributed by atoms with E-state index < -0.39 is 5.97 Å². The lowest BCUT2D eigenvalue weighted by Gasteiger charge is -2.22. The van der Waals surface area contributed by atoms with Gasteiger partial charge in [0.05, 0.1) is 13.0 Å². The Morgan fingerprint density at radius 1 is 1.30 bits per heavy atom. The predicted octanol–water partition coefficient (Wildman–Crippen LogP) is 1.24. The molecule has 5 nitrogen and oxygen atoms in total. The van der Waals surface area contributed by atoms with Gasteiger partial charge in [0.2, 0.25) is 5.91 Å². The first-order valence-electron chi connectivity index (χ1n) is 6.91. The van der Waals surface area contributed by atoms with Crippen molar-refractivity contribution in [2.45, 2.75) is 31.8 Å². The van der Waals surface area contributed by atoms with Crippen LogP contribution in [0.5, 0.6) is 0 Å². The van der Waals surface area contributed by atoms with Crippen LogP contribution in [0.2, 0.25) is 0 Å². The molecular formula is C15H20N2O3. The number of likely N-dealkylation sites (tertiary alicyclic amines) is 1. The summed E-state index contributed by atoms with van der Waals surface area (Å²) >= 11 is 0. The number of rotatable bonds is 6. The number of carbonyl (C=O) groups is 2. The normalized spacial score (nSPS) is 18.9. The maximum absolute atomic E-state index is 11.9. The van der Waals surface area contributed by atoms with Crippen molar-refractivity contribution in [2.24, 2.45) is 0 Å². The molecule has 20 heavy (non-hydrogen) atoms. The number of carboxylic acid groups (broad SMARTS) is 1. The summed E-state index contributed by atoms with van der Waals surface area (Å²) in [5.41, 5.74) is 1.06. The molecule has 1 amide bonds. The van der Waals surface area contributed by atoms with Gasteiger partial charge in [-0.1, -0.05) is 30.3 Å². The van der Waals surface area contributed by atoms with E-state index in [-0.39, 0.29) is 24.9 Å². The highest BCUT2D eigenvalue weighted by Crippen LogP contribution is 2.19. The zero-order chi connectivity index (χ0) is 14.4. The number of nitrogens with zero attached hydrogens (tertiary/aromatic N) is 1. The largest absolute Gasteiger partial charge is 0.481 e. The molecule has 1 unspecified atom stereocenters. The summed E-state index contributed by atoms with van der Waals surface area (Å²) in [5.74, 6) is -0.849. The van der Waals surface area contributed by atoms with E-state index in [1.807, 2.05) is 35.2 Å². The molecule has 108 valence electrons. The third-order valence-electron chi connectivity index (χ3n) is 3.59. The minimum atomic E-state index is -0.799. The number of aliphatic carboxylic acids is 1. The molecule has 5 heteroatoms. The second-order valence-corrected chi connectivity index (χ2v) is 5.13. The minimum Gasteiger partial charge on any atom is -0.481 e. The molecule has 1 atom stereocenters. The first-order chi connectivity index (χ1) is 9.65. The van der Waals surface area contributed by atoms with E-state index >= 15 is 0 Å². The van der Waals surface area contributed by atoms with Gasteiger partial charge in [0.25, 0.3) is 0 Å². The molecule has 1 aliphatic heterocycles. The first-order valence-corrected chi connectivity index (χ1v) is 6.91. The van der Waals surface area contributed by atoms with Crippen LogP contribution in [0.4, 0.5) is 0 Å². The van der Waals surface area contributed by atoms with Crippen molar-refractivity contribution in [3.05, 3.63) is 35.9 Å². The molecule has 1 fully saturated rings. The molecule has 2 N–H and O–H groups in total. The zero-order valence-corrected chi connectivity index (χ0v) is 11.4. The first kappa shape index (κ1) is 14.5. The topological polar surface area (TPSA) is 69.6 Å². The quantitative estimate of drug-likeness (QED) is 0.820. The van der Waals surface area contributed by atoms with Gasteiger partial charge in [0.1, 0.15) is 0 Å². The van der Waals surface area contributed by atoms with Gasteiger partial charge in [-0.3, -0.25) is 14.5 Å². The summed E-state index contributed by atoms with van der Waals surface area (Å²) in [6.45, 7) is 1.60. The van der Waals surface area contributed by atoms with E-state index in [0.29, 0.717) is 6.54 Å².